The van der Waals surface area contributed by atoms with E-state index in [1.54, 1.807) is 0 Å². The lowest BCUT2D eigenvalue weighted by Gasteiger charge is -2.14. The first-order valence-electron chi connectivity index (χ1n) is 3.30. The minimum atomic E-state index is 0.750. The first-order valence-corrected chi connectivity index (χ1v) is 3.30. The average molecular weight is 132 g/mol. The van der Waals surface area contributed by atoms with Crippen LogP contribution in [0.25, 0.3) is 0 Å². The minimum Gasteiger partial charge on any atom is -0.318 e. The van der Waals surface area contributed by atoms with Gasteiger partial charge in [0, 0.05) is 20.1 Å². The van der Waals surface area contributed by atoms with Crippen molar-refractivity contribution in [2.75, 3.05) is 33.8 Å². The van der Waals surface area contributed by atoms with Crippen LogP contribution in [0.1, 0.15) is 6.92 Å². The Bertz CT molecular complexity index is 59.0. The molecule has 0 saturated carbocycles. The molecule has 0 unspecified atom stereocenters. The van der Waals surface area contributed by atoms with Crippen LogP contribution in [0, 0.1) is 0 Å². The van der Waals surface area contributed by atoms with Gasteiger partial charge in [0.05, 0.1) is 6.61 Å². The molecule has 56 valence electrons. The van der Waals surface area contributed by atoms with Gasteiger partial charge in [-0.3, -0.25) is 4.84 Å². The van der Waals surface area contributed by atoms with Gasteiger partial charge in [0.15, 0.2) is 0 Å². The molecule has 0 aromatic rings. The van der Waals surface area contributed by atoms with E-state index in [9.17, 15) is 0 Å². The van der Waals surface area contributed by atoms with E-state index in [0.29, 0.717) is 0 Å². The zero-order valence-corrected chi connectivity index (χ0v) is 6.48. The first-order chi connectivity index (χ1) is 4.31. The molecule has 0 saturated heterocycles. The second-order valence-electron chi connectivity index (χ2n) is 1.87. The molecular formula is C6H16N2O. The summed E-state index contributed by atoms with van der Waals surface area (Å²) in [6.07, 6.45) is 0. The lowest BCUT2D eigenvalue weighted by molar-refractivity contribution is -0.132. The highest BCUT2D eigenvalue weighted by molar-refractivity contribution is 4.40. The Balaban J connectivity index is 2.95. The fourth-order valence-electron chi connectivity index (χ4n) is 0.554. The zero-order chi connectivity index (χ0) is 7.11. The quantitative estimate of drug-likeness (QED) is 0.536. The smallest absolute Gasteiger partial charge is 0.0656 e. The van der Waals surface area contributed by atoms with Crippen molar-refractivity contribution in [3.8, 4) is 0 Å². The third-order valence-corrected chi connectivity index (χ3v) is 1.03. The average Bonchev–Trinajstić information content (AvgIpc) is 1.85. The molecule has 1 N–H and O–H groups in total. The van der Waals surface area contributed by atoms with Crippen molar-refractivity contribution in [2.24, 2.45) is 0 Å². The molecule has 0 rings (SSSR count). The first kappa shape index (κ1) is 8.88. The van der Waals surface area contributed by atoms with E-state index in [-0.39, 0.29) is 0 Å². The Hall–Kier alpha value is -0.120. The number of hydroxylamine groups is 2. The fraction of sp³-hybridized carbons (Fsp3) is 1.00. The number of nitrogens with zero attached hydrogens (tertiary/aromatic N) is 1. The van der Waals surface area contributed by atoms with Gasteiger partial charge in [-0.15, -0.1) is 0 Å². The molecule has 0 aliphatic rings. The van der Waals surface area contributed by atoms with Crippen molar-refractivity contribution < 1.29 is 4.84 Å². The highest BCUT2D eigenvalue weighted by Crippen LogP contribution is 1.80. The summed E-state index contributed by atoms with van der Waals surface area (Å²) in [6, 6.07) is 0. The lowest BCUT2D eigenvalue weighted by Crippen LogP contribution is -2.27. The van der Waals surface area contributed by atoms with E-state index < -0.39 is 0 Å². The summed E-state index contributed by atoms with van der Waals surface area (Å²) in [5, 5.41) is 4.87. The molecule has 9 heavy (non-hydrogen) atoms. The van der Waals surface area contributed by atoms with Gasteiger partial charge >= 0.3 is 0 Å². The van der Waals surface area contributed by atoms with Crippen LogP contribution in [-0.2, 0) is 4.84 Å². The highest BCUT2D eigenvalue weighted by Gasteiger charge is 1.92. The molecule has 3 heteroatoms. The lowest BCUT2D eigenvalue weighted by atomic mass is 10.6. The van der Waals surface area contributed by atoms with Gasteiger partial charge in [-0.1, -0.05) is 0 Å². The Morgan fingerprint density at radius 3 is 2.67 bits per heavy atom. The molecule has 0 amide bonds. The van der Waals surface area contributed by atoms with Crippen LogP contribution in [-0.4, -0.2) is 38.9 Å². The van der Waals surface area contributed by atoms with E-state index in [0.717, 1.165) is 19.7 Å². The predicted octanol–water partition coefficient (Wildman–Crippen LogP) is 0.0891. The summed E-state index contributed by atoms with van der Waals surface area (Å²) in [7, 11) is 3.86. The second kappa shape index (κ2) is 6.01. The van der Waals surface area contributed by atoms with Crippen molar-refractivity contribution in [2.45, 2.75) is 6.92 Å². The van der Waals surface area contributed by atoms with Gasteiger partial charge in [-0.05, 0) is 14.0 Å². The highest BCUT2D eigenvalue weighted by atomic mass is 16.7. The van der Waals surface area contributed by atoms with Crippen molar-refractivity contribution in [1.82, 2.24) is 10.4 Å². The van der Waals surface area contributed by atoms with Crippen LogP contribution in [0.4, 0.5) is 0 Å². The number of hydrogen-bond acceptors (Lipinski definition) is 3. The molecule has 0 heterocycles. The minimum absolute atomic E-state index is 0.750. The topological polar surface area (TPSA) is 24.5 Å². The maximum atomic E-state index is 5.14. The molecule has 0 radical (unpaired) electrons. The summed E-state index contributed by atoms with van der Waals surface area (Å²) in [5.74, 6) is 0. The largest absolute Gasteiger partial charge is 0.318 e. The van der Waals surface area contributed by atoms with Crippen molar-refractivity contribution in [3.05, 3.63) is 0 Å². The molecular weight excluding hydrogens is 116 g/mol. The Morgan fingerprint density at radius 1 is 1.56 bits per heavy atom. The Kier molecular flexibility index (Phi) is 5.93. The van der Waals surface area contributed by atoms with E-state index in [4.69, 9.17) is 4.84 Å². The third kappa shape index (κ3) is 5.76. The van der Waals surface area contributed by atoms with Crippen LogP contribution in [0.15, 0.2) is 0 Å². The SMILES string of the molecule is CCON(C)CCNC. The summed E-state index contributed by atoms with van der Waals surface area (Å²) in [5.41, 5.74) is 0. The molecule has 0 aliphatic carbocycles. The van der Waals surface area contributed by atoms with Crippen molar-refractivity contribution >= 4 is 0 Å². The second-order valence-corrected chi connectivity index (χ2v) is 1.87. The van der Waals surface area contributed by atoms with Gasteiger partial charge in [0.25, 0.3) is 0 Å². The number of rotatable bonds is 5. The maximum Gasteiger partial charge on any atom is 0.0656 e. The van der Waals surface area contributed by atoms with Gasteiger partial charge < -0.3 is 5.32 Å². The Morgan fingerprint density at radius 2 is 2.22 bits per heavy atom. The van der Waals surface area contributed by atoms with Crippen LogP contribution in [0.2, 0.25) is 0 Å². The van der Waals surface area contributed by atoms with Gasteiger partial charge in [0.1, 0.15) is 0 Å². The maximum absolute atomic E-state index is 5.14. The monoisotopic (exact) mass is 132 g/mol. The molecule has 0 aliphatic heterocycles. The van der Waals surface area contributed by atoms with Crippen LogP contribution in [0.5, 0.6) is 0 Å². The molecule has 0 aromatic carbocycles. The van der Waals surface area contributed by atoms with Crippen molar-refractivity contribution in [3.63, 3.8) is 0 Å². The normalized spacial score (nSPS) is 10.7. The summed E-state index contributed by atoms with van der Waals surface area (Å²) >= 11 is 0. The number of hydrogen-bond donors (Lipinski definition) is 1. The van der Waals surface area contributed by atoms with Gasteiger partial charge in [-0.25, -0.2) is 0 Å². The molecule has 0 spiro atoms. The van der Waals surface area contributed by atoms with E-state index in [1.807, 2.05) is 26.1 Å². The van der Waals surface area contributed by atoms with E-state index in [2.05, 4.69) is 5.32 Å². The zero-order valence-electron chi connectivity index (χ0n) is 6.48. The molecule has 3 nitrogen and oxygen atoms in total. The van der Waals surface area contributed by atoms with Crippen LogP contribution < -0.4 is 5.32 Å². The molecule has 0 atom stereocenters. The number of likely N-dealkylation sites (N-methyl/N-ethyl adjacent to an activating group) is 2. The third-order valence-electron chi connectivity index (χ3n) is 1.03. The van der Waals surface area contributed by atoms with Crippen molar-refractivity contribution in [1.29, 1.82) is 0 Å². The molecule has 0 bridgehead atoms. The summed E-state index contributed by atoms with van der Waals surface area (Å²) in [4.78, 5) is 5.14. The van der Waals surface area contributed by atoms with E-state index >= 15 is 0 Å². The van der Waals surface area contributed by atoms with Crippen LogP contribution >= 0.6 is 0 Å². The molecule has 0 fully saturated rings. The van der Waals surface area contributed by atoms with Crippen LogP contribution in [0.3, 0.4) is 0 Å². The predicted molar refractivity (Wildman–Crippen MR) is 38.2 cm³/mol. The molecule has 0 aromatic heterocycles. The Labute approximate surface area is 56.9 Å². The fourth-order valence-corrected chi connectivity index (χ4v) is 0.554. The summed E-state index contributed by atoms with van der Waals surface area (Å²) in [6.45, 7) is 4.64. The standard InChI is InChI=1S/C6H16N2O/c1-4-9-8(3)6-5-7-2/h7H,4-6H2,1-3H3. The summed E-state index contributed by atoms with van der Waals surface area (Å²) < 4.78 is 0. The van der Waals surface area contributed by atoms with Gasteiger partial charge in [-0.2, -0.15) is 5.06 Å². The number of nitrogens with one attached hydrogen (secondary N) is 1. The van der Waals surface area contributed by atoms with E-state index in [1.165, 1.54) is 0 Å². The van der Waals surface area contributed by atoms with Gasteiger partial charge in [0.2, 0.25) is 0 Å².